The van der Waals surface area contributed by atoms with Crippen LogP contribution in [0.3, 0.4) is 0 Å². The van der Waals surface area contributed by atoms with Crippen LogP contribution in [0.25, 0.3) is 0 Å². The maximum Gasteiger partial charge on any atom is 0.135 e. The molecule has 96 valence electrons. The molecule has 0 saturated carbocycles. The van der Waals surface area contributed by atoms with E-state index >= 15 is 0 Å². The van der Waals surface area contributed by atoms with Crippen molar-refractivity contribution in [1.82, 2.24) is 9.80 Å². The zero-order valence-electron chi connectivity index (χ0n) is 10.9. The maximum atomic E-state index is 11.3. The zero-order chi connectivity index (χ0) is 11.8. The summed E-state index contributed by atoms with van der Waals surface area (Å²) in [5.41, 5.74) is 0. The van der Waals surface area contributed by atoms with Gasteiger partial charge in [-0.15, -0.1) is 0 Å². The van der Waals surface area contributed by atoms with Crippen LogP contribution in [0.15, 0.2) is 0 Å². The number of nitrogens with zero attached hydrogens (tertiary/aromatic N) is 2. The van der Waals surface area contributed by atoms with Crippen molar-refractivity contribution in [1.29, 1.82) is 0 Å². The molecule has 2 unspecified atom stereocenters. The molecule has 3 fully saturated rings. The number of ketones is 1. The zero-order valence-corrected chi connectivity index (χ0v) is 10.9. The van der Waals surface area contributed by atoms with Crippen molar-refractivity contribution < 1.29 is 4.79 Å². The van der Waals surface area contributed by atoms with Gasteiger partial charge in [-0.1, -0.05) is 6.42 Å². The van der Waals surface area contributed by atoms with Crippen LogP contribution in [-0.4, -0.2) is 53.8 Å². The van der Waals surface area contributed by atoms with E-state index in [0.717, 1.165) is 44.1 Å². The standard InChI is InChI=1S/C14H24N2O/c1-15-11-3-2-4-12(15)10-13(9-11)16-7-5-14(17)6-8-16/h11-13H,2-10H2,1H3. The second-order valence-electron chi connectivity index (χ2n) is 6.10. The first-order valence-electron chi connectivity index (χ1n) is 7.21. The first-order valence-corrected chi connectivity index (χ1v) is 7.21. The number of carbonyl (C=O) groups is 1. The molecule has 17 heavy (non-hydrogen) atoms. The third-order valence-electron chi connectivity index (χ3n) is 5.19. The van der Waals surface area contributed by atoms with Gasteiger partial charge in [-0.3, -0.25) is 9.69 Å². The average molecular weight is 236 g/mol. The Kier molecular flexibility index (Phi) is 3.22. The molecule has 0 radical (unpaired) electrons. The number of piperidine rings is 3. The van der Waals surface area contributed by atoms with E-state index in [9.17, 15) is 4.79 Å². The van der Waals surface area contributed by atoms with Crippen molar-refractivity contribution >= 4 is 5.78 Å². The molecule has 3 aliphatic rings. The fraction of sp³-hybridized carbons (Fsp3) is 0.929. The molecule has 3 aliphatic heterocycles. The Hall–Kier alpha value is -0.410. The first kappa shape index (κ1) is 11.7. The van der Waals surface area contributed by atoms with Gasteiger partial charge in [0.05, 0.1) is 0 Å². The van der Waals surface area contributed by atoms with E-state index in [1.165, 1.54) is 32.1 Å². The Bertz CT molecular complexity index is 281. The van der Waals surface area contributed by atoms with Crippen molar-refractivity contribution in [2.45, 2.75) is 63.1 Å². The van der Waals surface area contributed by atoms with Gasteiger partial charge in [-0.05, 0) is 32.7 Å². The summed E-state index contributed by atoms with van der Waals surface area (Å²) in [7, 11) is 2.31. The van der Waals surface area contributed by atoms with E-state index in [2.05, 4.69) is 16.8 Å². The lowest BCUT2D eigenvalue weighted by Gasteiger charge is -2.50. The molecule has 0 amide bonds. The van der Waals surface area contributed by atoms with Crippen LogP contribution in [0, 0.1) is 0 Å². The highest BCUT2D eigenvalue weighted by Gasteiger charge is 2.38. The van der Waals surface area contributed by atoms with Gasteiger partial charge >= 0.3 is 0 Å². The van der Waals surface area contributed by atoms with Gasteiger partial charge in [-0.25, -0.2) is 0 Å². The molecule has 3 heterocycles. The van der Waals surface area contributed by atoms with Crippen LogP contribution in [0.2, 0.25) is 0 Å². The Morgan fingerprint density at radius 1 is 1.00 bits per heavy atom. The van der Waals surface area contributed by atoms with E-state index in [4.69, 9.17) is 0 Å². The number of hydrogen-bond acceptors (Lipinski definition) is 3. The molecular weight excluding hydrogens is 212 g/mol. The van der Waals surface area contributed by atoms with Crippen LogP contribution in [-0.2, 0) is 4.79 Å². The number of rotatable bonds is 1. The van der Waals surface area contributed by atoms with Gasteiger partial charge in [0.25, 0.3) is 0 Å². The van der Waals surface area contributed by atoms with E-state index in [1.807, 2.05) is 0 Å². The summed E-state index contributed by atoms with van der Waals surface area (Å²) in [4.78, 5) is 16.5. The van der Waals surface area contributed by atoms with Gasteiger partial charge < -0.3 is 4.90 Å². The topological polar surface area (TPSA) is 23.6 Å². The maximum absolute atomic E-state index is 11.3. The molecule has 3 heteroatoms. The third-order valence-corrected chi connectivity index (χ3v) is 5.19. The summed E-state index contributed by atoms with van der Waals surface area (Å²) in [5.74, 6) is 0.467. The monoisotopic (exact) mass is 236 g/mol. The second kappa shape index (κ2) is 4.69. The Labute approximate surface area is 104 Å². The molecule has 0 spiro atoms. The van der Waals surface area contributed by atoms with Crippen LogP contribution in [0.4, 0.5) is 0 Å². The molecule has 0 N–H and O–H groups in total. The van der Waals surface area contributed by atoms with Gasteiger partial charge in [0.2, 0.25) is 0 Å². The Morgan fingerprint density at radius 2 is 1.59 bits per heavy atom. The SMILES string of the molecule is CN1C2CCCC1CC(N1CCC(=O)CC1)C2. The highest BCUT2D eigenvalue weighted by molar-refractivity contribution is 5.79. The van der Waals surface area contributed by atoms with E-state index < -0.39 is 0 Å². The summed E-state index contributed by atoms with van der Waals surface area (Å²) in [6, 6.07) is 2.38. The predicted octanol–water partition coefficient (Wildman–Crippen LogP) is 1.67. The molecule has 3 saturated heterocycles. The molecule has 3 rings (SSSR count). The minimum Gasteiger partial charge on any atom is -0.300 e. The van der Waals surface area contributed by atoms with E-state index in [0.29, 0.717) is 5.78 Å². The number of Topliss-reactive ketones (excluding diaryl/α,β-unsaturated/α-hetero) is 1. The fourth-order valence-electron chi connectivity index (χ4n) is 4.02. The minimum atomic E-state index is 0.467. The van der Waals surface area contributed by atoms with Crippen LogP contribution >= 0.6 is 0 Å². The van der Waals surface area contributed by atoms with Crippen LogP contribution in [0.1, 0.15) is 44.9 Å². The summed E-state index contributed by atoms with van der Waals surface area (Å²) < 4.78 is 0. The third kappa shape index (κ3) is 2.27. The van der Waals surface area contributed by atoms with E-state index in [-0.39, 0.29) is 0 Å². The van der Waals surface area contributed by atoms with Crippen molar-refractivity contribution in [3.63, 3.8) is 0 Å². The fourth-order valence-corrected chi connectivity index (χ4v) is 4.02. The normalized spacial score (nSPS) is 40.5. The Morgan fingerprint density at radius 3 is 2.18 bits per heavy atom. The molecule has 0 aromatic heterocycles. The van der Waals surface area contributed by atoms with Crippen molar-refractivity contribution in [3.8, 4) is 0 Å². The molecule has 0 aromatic rings. The highest BCUT2D eigenvalue weighted by atomic mass is 16.1. The second-order valence-corrected chi connectivity index (χ2v) is 6.10. The lowest BCUT2D eigenvalue weighted by atomic mass is 9.81. The average Bonchev–Trinajstić information content (AvgIpc) is 2.30. The largest absolute Gasteiger partial charge is 0.300 e. The highest BCUT2D eigenvalue weighted by Crippen LogP contribution is 2.35. The smallest absolute Gasteiger partial charge is 0.135 e. The first-order chi connectivity index (χ1) is 8.24. The van der Waals surface area contributed by atoms with Crippen LogP contribution < -0.4 is 0 Å². The van der Waals surface area contributed by atoms with Crippen LogP contribution in [0.5, 0.6) is 0 Å². The number of likely N-dealkylation sites (tertiary alicyclic amines) is 1. The van der Waals surface area contributed by atoms with Gasteiger partial charge in [0.15, 0.2) is 0 Å². The molecule has 2 bridgehead atoms. The summed E-state index contributed by atoms with van der Waals surface area (Å²) in [5, 5.41) is 0. The summed E-state index contributed by atoms with van der Waals surface area (Å²) in [6.07, 6.45) is 8.45. The lowest BCUT2D eigenvalue weighted by Crippen LogP contribution is -2.56. The van der Waals surface area contributed by atoms with Crippen molar-refractivity contribution in [3.05, 3.63) is 0 Å². The molecular formula is C14H24N2O. The number of hydrogen-bond donors (Lipinski definition) is 0. The Balaban J connectivity index is 1.63. The molecule has 0 aromatic carbocycles. The van der Waals surface area contributed by atoms with Crippen molar-refractivity contribution in [2.75, 3.05) is 20.1 Å². The van der Waals surface area contributed by atoms with Gasteiger partial charge in [0, 0.05) is 44.1 Å². The lowest BCUT2D eigenvalue weighted by molar-refractivity contribution is -0.122. The van der Waals surface area contributed by atoms with Crippen molar-refractivity contribution in [2.24, 2.45) is 0 Å². The number of fused-ring (bicyclic) bond motifs is 2. The van der Waals surface area contributed by atoms with Gasteiger partial charge in [0.1, 0.15) is 5.78 Å². The summed E-state index contributed by atoms with van der Waals surface area (Å²) in [6.45, 7) is 2.04. The summed E-state index contributed by atoms with van der Waals surface area (Å²) >= 11 is 0. The predicted molar refractivity (Wildman–Crippen MR) is 68.0 cm³/mol. The minimum absolute atomic E-state index is 0.467. The molecule has 0 aliphatic carbocycles. The van der Waals surface area contributed by atoms with Gasteiger partial charge in [-0.2, -0.15) is 0 Å². The number of carbonyl (C=O) groups excluding carboxylic acids is 1. The van der Waals surface area contributed by atoms with E-state index in [1.54, 1.807) is 0 Å². The molecule has 3 nitrogen and oxygen atoms in total. The quantitative estimate of drug-likeness (QED) is 0.692. The molecule has 2 atom stereocenters.